The number of fused-ring (bicyclic) bond motifs is 3. The maximum Gasteiger partial charge on any atom is 0.209 e. The Bertz CT molecular complexity index is 1130. The fourth-order valence-electron chi connectivity index (χ4n) is 3.44. The molecule has 4 aromatic rings. The molecule has 1 N–H and O–H groups in total. The number of rotatable bonds is 2. The Morgan fingerprint density at radius 1 is 1.00 bits per heavy atom. The van der Waals surface area contributed by atoms with Crippen molar-refractivity contribution in [2.24, 2.45) is 0 Å². The second-order valence-corrected chi connectivity index (χ2v) is 7.16. The molecule has 2 aromatic carbocycles. The predicted octanol–water partition coefficient (Wildman–Crippen LogP) is 5.25. The number of hydrogen-bond donors (Lipinski definition) is 1. The quantitative estimate of drug-likeness (QED) is 0.497. The van der Waals surface area contributed by atoms with E-state index >= 15 is 0 Å². The van der Waals surface area contributed by atoms with E-state index in [0.29, 0.717) is 0 Å². The average Bonchev–Trinajstić information content (AvgIpc) is 3.06. The molecule has 5 rings (SSSR count). The van der Waals surface area contributed by atoms with Crippen LogP contribution in [-0.2, 0) is 0 Å². The summed E-state index contributed by atoms with van der Waals surface area (Å²) in [6.45, 7) is 0. The number of halogens is 1. The molecule has 1 aliphatic rings. The summed E-state index contributed by atoms with van der Waals surface area (Å²) in [6, 6.07) is 20.7. The van der Waals surface area contributed by atoms with Crippen LogP contribution >= 0.6 is 15.9 Å². The number of allylic oxidation sites excluding steroid dienone is 1. The second-order valence-electron chi connectivity index (χ2n) is 6.24. The number of imidazole rings is 1. The minimum atomic E-state index is 0.0476. The van der Waals surface area contributed by atoms with Crippen LogP contribution in [0.25, 0.3) is 16.7 Å². The summed E-state index contributed by atoms with van der Waals surface area (Å²) >= 11 is 3.60. The molecule has 0 radical (unpaired) electrons. The average molecular weight is 403 g/mol. The van der Waals surface area contributed by atoms with Gasteiger partial charge in [0, 0.05) is 28.1 Å². The van der Waals surface area contributed by atoms with Crippen molar-refractivity contribution in [1.29, 1.82) is 0 Å². The van der Waals surface area contributed by atoms with Crippen LogP contribution in [-0.4, -0.2) is 14.5 Å². The van der Waals surface area contributed by atoms with Crippen LogP contribution in [0.3, 0.4) is 0 Å². The van der Waals surface area contributed by atoms with E-state index in [2.05, 4.69) is 73.3 Å². The summed E-state index contributed by atoms with van der Waals surface area (Å²) in [6.07, 6.45) is 5.89. The van der Waals surface area contributed by atoms with E-state index in [0.717, 1.165) is 32.7 Å². The van der Waals surface area contributed by atoms with Crippen LogP contribution in [0.1, 0.15) is 17.2 Å². The van der Waals surface area contributed by atoms with E-state index < -0.39 is 0 Å². The molecule has 0 spiro atoms. The zero-order chi connectivity index (χ0) is 17.5. The van der Waals surface area contributed by atoms with Crippen molar-refractivity contribution in [3.63, 3.8) is 0 Å². The molecule has 0 aliphatic carbocycles. The van der Waals surface area contributed by atoms with Crippen molar-refractivity contribution >= 4 is 38.6 Å². The minimum absolute atomic E-state index is 0.0476. The molecular weight excluding hydrogens is 388 g/mol. The molecule has 0 fully saturated rings. The minimum Gasteiger partial charge on any atom is -0.325 e. The van der Waals surface area contributed by atoms with Gasteiger partial charge in [0.15, 0.2) is 0 Å². The number of pyridine rings is 1. The van der Waals surface area contributed by atoms with Gasteiger partial charge < -0.3 is 5.32 Å². The van der Waals surface area contributed by atoms with Gasteiger partial charge >= 0.3 is 0 Å². The number of nitrogens with zero attached hydrogens (tertiary/aromatic N) is 3. The van der Waals surface area contributed by atoms with Crippen LogP contribution in [0.15, 0.2) is 83.6 Å². The molecule has 1 atom stereocenters. The highest BCUT2D eigenvalue weighted by atomic mass is 79.9. The Hall–Kier alpha value is -2.92. The van der Waals surface area contributed by atoms with Crippen LogP contribution in [0.4, 0.5) is 5.95 Å². The fourth-order valence-corrected chi connectivity index (χ4v) is 3.85. The van der Waals surface area contributed by atoms with Gasteiger partial charge in [-0.2, -0.15) is 0 Å². The number of anilines is 1. The topological polar surface area (TPSA) is 42.7 Å². The molecular formula is C21H15BrN4. The van der Waals surface area contributed by atoms with Crippen molar-refractivity contribution < 1.29 is 0 Å². The number of para-hydroxylation sites is 2. The van der Waals surface area contributed by atoms with Gasteiger partial charge in [0.05, 0.1) is 17.1 Å². The van der Waals surface area contributed by atoms with Crippen molar-refractivity contribution in [1.82, 2.24) is 14.5 Å². The van der Waals surface area contributed by atoms with E-state index in [4.69, 9.17) is 4.98 Å². The number of hydrogen-bond acceptors (Lipinski definition) is 3. The lowest BCUT2D eigenvalue weighted by atomic mass is 10.0. The predicted molar refractivity (Wildman–Crippen MR) is 108 cm³/mol. The van der Waals surface area contributed by atoms with E-state index in [1.807, 2.05) is 30.5 Å². The number of aromatic nitrogens is 3. The van der Waals surface area contributed by atoms with E-state index in [-0.39, 0.29) is 6.04 Å². The molecule has 0 saturated heterocycles. The summed E-state index contributed by atoms with van der Waals surface area (Å²) < 4.78 is 3.31. The van der Waals surface area contributed by atoms with Gasteiger partial charge in [0.2, 0.25) is 5.95 Å². The molecule has 0 bridgehead atoms. The Kier molecular flexibility index (Phi) is 3.60. The third-order valence-electron chi connectivity index (χ3n) is 4.61. The van der Waals surface area contributed by atoms with Crippen molar-refractivity contribution in [2.75, 3.05) is 5.32 Å². The summed E-state index contributed by atoms with van der Waals surface area (Å²) in [5.74, 6) is 0.845. The van der Waals surface area contributed by atoms with Crippen molar-refractivity contribution in [2.45, 2.75) is 6.04 Å². The van der Waals surface area contributed by atoms with Crippen LogP contribution in [0.2, 0.25) is 0 Å². The Balaban J connectivity index is 1.74. The standard InChI is InChI=1S/C21H15BrN4/c22-16-7-3-5-14(11-16)20-12-18(15-6-4-10-23-13-15)25-21-24-17-8-1-2-9-19(17)26(20)21/h1-13,20H,(H,24,25)/t20-/m0/s1. The number of nitrogens with one attached hydrogen (secondary N) is 1. The van der Waals surface area contributed by atoms with Crippen LogP contribution in [0.5, 0.6) is 0 Å². The Morgan fingerprint density at radius 3 is 2.77 bits per heavy atom. The SMILES string of the molecule is Brc1cccc([C@@H]2C=C(c3cccnc3)Nc3nc4ccccc4n32)c1. The largest absolute Gasteiger partial charge is 0.325 e. The Labute approximate surface area is 159 Å². The maximum absolute atomic E-state index is 4.81. The third kappa shape index (κ3) is 2.52. The zero-order valence-electron chi connectivity index (χ0n) is 13.8. The molecule has 1 aliphatic heterocycles. The zero-order valence-corrected chi connectivity index (χ0v) is 15.4. The second kappa shape index (κ2) is 6.11. The summed E-state index contributed by atoms with van der Waals surface area (Å²) in [4.78, 5) is 9.06. The van der Waals surface area contributed by atoms with Gasteiger partial charge in [-0.15, -0.1) is 0 Å². The highest BCUT2D eigenvalue weighted by molar-refractivity contribution is 9.10. The number of benzene rings is 2. The van der Waals surface area contributed by atoms with Gasteiger partial charge in [-0.25, -0.2) is 4.98 Å². The molecule has 0 unspecified atom stereocenters. The van der Waals surface area contributed by atoms with E-state index in [1.165, 1.54) is 5.56 Å². The van der Waals surface area contributed by atoms with E-state index in [9.17, 15) is 0 Å². The molecule has 2 aromatic heterocycles. The molecule has 0 saturated carbocycles. The van der Waals surface area contributed by atoms with Gasteiger partial charge in [-0.3, -0.25) is 9.55 Å². The monoisotopic (exact) mass is 402 g/mol. The van der Waals surface area contributed by atoms with Gasteiger partial charge in [-0.05, 0) is 48.0 Å². The van der Waals surface area contributed by atoms with Gasteiger partial charge in [-0.1, -0.05) is 40.2 Å². The lowest BCUT2D eigenvalue weighted by molar-refractivity contribution is 0.720. The van der Waals surface area contributed by atoms with Crippen LogP contribution < -0.4 is 5.32 Å². The third-order valence-corrected chi connectivity index (χ3v) is 5.10. The molecule has 26 heavy (non-hydrogen) atoms. The lowest BCUT2D eigenvalue weighted by Crippen LogP contribution is -2.19. The molecule has 5 heteroatoms. The maximum atomic E-state index is 4.81. The smallest absolute Gasteiger partial charge is 0.209 e. The highest BCUT2D eigenvalue weighted by Crippen LogP contribution is 2.37. The Morgan fingerprint density at radius 2 is 1.92 bits per heavy atom. The summed E-state index contributed by atoms with van der Waals surface area (Å²) in [5, 5.41) is 3.48. The molecule has 3 heterocycles. The molecule has 4 nitrogen and oxygen atoms in total. The summed E-state index contributed by atoms with van der Waals surface area (Å²) in [7, 11) is 0. The normalized spacial score (nSPS) is 16.0. The van der Waals surface area contributed by atoms with Gasteiger partial charge in [0.25, 0.3) is 0 Å². The van der Waals surface area contributed by atoms with E-state index in [1.54, 1.807) is 6.20 Å². The molecule has 0 amide bonds. The fraction of sp³-hybridized carbons (Fsp3) is 0.0476. The first kappa shape index (κ1) is 15.3. The molecule has 126 valence electrons. The first-order valence-corrected chi connectivity index (χ1v) is 9.20. The van der Waals surface area contributed by atoms with Crippen molar-refractivity contribution in [3.05, 3.63) is 94.7 Å². The van der Waals surface area contributed by atoms with Crippen molar-refractivity contribution in [3.8, 4) is 0 Å². The van der Waals surface area contributed by atoms with Gasteiger partial charge in [0.1, 0.15) is 0 Å². The highest BCUT2D eigenvalue weighted by Gasteiger charge is 2.25. The summed E-state index contributed by atoms with van der Waals surface area (Å²) in [5.41, 5.74) is 5.36. The first-order chi connectivity index (χ1) is 12.8. The first-order valence-electron chi connectivity index (χ1n) is 8.41. The van der Waals surface area contributed by atoms with Crippen LogP contribution in [0, 0.1) is 0 Å². The lowest BCUT2D eigenvalue weighted by Gasteiger charge is -2.26.